The second-order valence-corrected chi connectivity index (χ2v) is 7.71. The van der Waals surface area contributed by atoms with Crippen LogP contribution in [0.25, 0.3) is 0 Å². The number of nitrogens with one attached hydrogen (secondary N) is 2. The molecule has 2 N–H and O–H groups in total. The summed E-state index contributed by atoms with van der Waals surface area (Å²) >= 11 is 0. The molecule has 1 fully saturated rings. The second-order valence-electron chi connectivity index (χ2n) is 7.71. The maximum absolute atomic E-state index is 12.5. The first-order chi connectivity index (χ1) is 13.6. The van der Waals surface area contributed by atoms with Crippen molar-refractivity contribution < 1.29 is 22.6 Å². The SMILES string of the molecule is CN=C(NCc1ccc(C)cc1OCC(F)(F)F)NCC(C)(C)N1CCOCC1. The Bertz CT molecular complexity index is 687. The van der Waals surface area contributed by atoms with Gasteiger partial charge >= 0.3 is 6.18 Å². The fourth-order valence-corrected chi connectivity index (χ4v) is 3.08. The van der Waals surface area contributed by atoms with Gasteiger partial charge in [-0.3, -0.25) is 9.89 Å². The van der Waals surface area contributed by atoms with Gasteiger partial charge in [-0.15, -0.1) is 0 Å². The number of guanidine groups is 1. The van der Waals surface area contributed by atoms with Crippen molar-refractivity contribution in [2.24, 2.45) is 4.99 Å². The van der Waals surface area contributed by atoms with Crippen molar-refractivity contribution in [1.29, 1.82) is 0 Å². The van der Waals surface area contributed by atoms with Gasteiger partial charge < -0.3 is 20.1 Å². The van der Waals surface area contributed by atoms with Gasteiger partial charge in [-0.1, -0.05) is 12.1 Å². The number of aliphatic imine (C=N–C) groups is 1. The summed E-state index contributed by atoms with van der Waals surface area (Å²) in [5, 5.41) is 6.45. The van der Waals surface area contributed by atoms with Gasteiger partial charge in [-0.05, 0) is 32.4 Å². The zero-order valence-corrected chi connectivity index (χ0v) is 17.5. The standard InChI is InChI=1S/C20H31F3N4O2/c1-15-5-6-16(17(11-15)29-14-20(21,22)23)12-25-18(24-4)26-13-19(2,3)27-7-9-28-10-8-27/h5-6,11H,7-10,12-14H2,1-4H3,(H2,24,25,26). The van der Waals surface area contributed by atoms with E-state index in [2.05, 4.69) is 34.4 Å². The highest BCUT2D eigenvalue weighted by molar-refractivity contribution is 5.79. The van der Waals surface area contributed by atoms with E-state index in [-0.39, 0.29) is 11.3 Å². The number of rotatable bonds is 7. The van der Waals surface area contributed by atoms with E-state index >= 15 is 0 Å². The van der Waals surface area contributed by atoms with E-state index in [0.717, 1.165) is 31.9 Å². The highest BCUT2D eigenvalue weighted by Gasteiger charge is 2.29. The van der Waals surface area contributed by atoms with E-state index in [1.807, 2.05) is 13.0 Å². The first-order valence-corrected chi connectivity index (χ1v) is 9.67. The van der Waals surface area contributed by atoms with Crippen molar-refractivity contribution in [3.63, 3.8) is 0 Å². The van der Waals surface area contributed by atoms with E-state index in [1.54, 1.807) is 19.2 Å². The molecule has 0 atom stereocenters. The van der Waals surface area contributed by atoms with Gasteiger partial charge in [0.25, 0.3) is 0 Å². The number of nitrogens with zero attached hydrogens (tertiary/aromatic N) is 2. The fourth-order valence-electron chi connectivity index (χ4n) is 3.08. The molecule has 1 aromatic carbocycles. The number of benzene rings is 1. The van der Waals surface area contributed by atoms with E-state index in [4.69, 9.17) is 9.47 Å². The average molecular weight is 416 g/mol. The molecule has 0 bridgehead atoms. The van der Waals surface area contributed by atoms with Crippen LogP contribution in [0.15, 0.2) is 23.2 Å². The lowest BCUT2D eigenvalue weighted by Gasteiger charge is -2.41. The van der Waals surface area contributed by atoms with Crippen LogP contribution in [0.2, 0.25) is 0 Å². The van der Waals surface area contributed by atoms with Crippen LogP contribution < -0.4 is 15.4 Å². The van der Waals surface area contributed by atoms with Gasteiger partial charge in [0, 0.05) is 44.3 Å². The molecule has 0 saturated carbocycles. The summed E-state index contributed by atoms with van der Waals surface area (Å²) < 4.78 is 48.0. The summed E-state index contributed by atoms with van der Waals surface area (Å²) in [4.78, 5) is 6.58. The lowest BCUT2D eigenvalue weighted by atomic mass is 10.0. The van der Waals surface area contributed by atoms with Gasteiger partial charge in [0.1, 0.15) is 5.75 Å². The molecular weight excluding hydrogens is 385 g/mol. The normalized spacial score (nSPS) is 16.6. The highest BCUT2D eigenvalue weighted by atomic mass is 19.4. The molecule has 0 unspecified atom stereocenters. The molecule has 0 radical (unpaired) electrons. The van der Waals surface area contributed by atoms with Crippen LogP contribution in [0, 0.1) is 6.92 Å². The second kappa shape index (κ2) is 10.2. The first-order valence-electron chi connectivity index (χ1n) is 9.67. The monoisotopic (exact) mass is 416 g/mol. The third-order valence-corrected chi connectivity index (χ3v) is 4.84. The quantitative estimate of drug-likeness (QED) is 0.529. The zero-order valence-electron chi connectivity index (χ0n) is 17.5. The van der Waals surface area contributed by atoms with Crippen molar-refractivity contribution in [3.05, 3.63) is 29.3 Å². The molecule has 2 rings (SSSR count). The minimum Gasteiger partial charge on any atom is -0.484 e. The molecule has 0 amide bonds. The van der Waals surface area contributed by atoms with Crippen LogP contribution in [-0.2, 0) is 11.3 Å². The van der Waals surface area contributed by atoms with Gasteiger partial charge in [0.15, 0.2) is 12.6 Å². The molecule has 0 aromatic heterocycles. The van der Waals surface area contributed by atoms with Crippen LogP contribution in [0.3, 0.4) is 0 Å². The summed E-state index contributed by atoms with van der Waals surface area (Å²) in [6, 6.07) is 5.22. The molecule has 9 heteroatoms. The molecule has 1 aliphatic rings. The summed E-state index contributed by atoms with van der Waals surface area (Å²) in [7, 11) is 1.66. The topological polar surface area (TPSA) is 58.1 Å². The molecule has 29 heavy (non-hydrogen) atoms. The Labute approximate surface area is 170 Å². The minimum atomic E-state index is -4.38. The summed E-state index contributed by atoms with van der Waals surface area (Å²) in [6.07, 6.45) is -4.38. The number of hydrogen-bond donors (Lipinski definition) is 2. The Hall–Kier alpha value is -2.00. The zero-order chi connectivity index (χ0) is 21.5. The predicted octanol–water partition coefficient (Wildman–Crippen LogP) is 2.71. The number of alkyl halides is 3. The van der Waals surface area contributed by atoms with Crippen LogP contribution in [-0.4, -0.2) is 69.1 Å². The van der Waals surface area contributed by atoms with Crippen molar-refractivity contribution in [1.82, 2.24) is 15.5 Å². The predicted molar refractivity (Wildman–Crippen MR) is 107 cm³/mol. The van der Waals surface area contributed by atoms with Crippen LogP contribution in [0.1, 0.15) is 25.0 Å². The Morgan fingerprint density at radius 1 is 1.21 bits per heavy atom. The van der Waals surface area contributed by atoms with Crippen molar-refractivity contribution in [2.45, 2.75) is 39.0 Å². The molecule has 164 valence electrons. The molecule has 1 aliphatic heterocycles. The number of morpholine rings is 1. The number of aryl methyl sites for hydroxylation is 1. The minimum absolute atomic E-state index is 0.0910. The maximum atomic E-state index is 12.5. The lowest BCUT2D eigenvalue weighted by Crippen LogP contribution is -2.56. The van der Waals surface area contributed by atoms with Crippen molar-refractivity contribution >= 4 is 5.96 Å². The van der Waals surface area contributed by atoms with E-state index < -0.39 is 12.8 Å². The Balaban J connectivity index is 1.93. The molecule has 6 nitrogen and oxygen atoms in total. The van der Waals surface area contributed by atoms with Gasteiger partial charge in [0.05, 0.1) is 13.2 Å². The Morgan fingerprint density at radius 2 is 1.90 bits per heavy atom. The summed E-state index contributed by atoms with van der Waals surface area (Å²) in [5.74, 6) is 0.799. The Kier molecular flexibility index (Phi) is 8.15. The molecule has 0 spiro atoms. The van der Waals surface area contributed by atoms with E-state index in [0.29, 0.717) is 24.6 Å². The molecule has 1 heterocycles. The summed E-state index contributed by atoms with van der Waals surface area (Å²) in [6.45, 7) is 8.98. The smallest absolute Gasteiger partial charge is 0.422 e. The van der Waals surface area contributed by atoms with Crippen LogP contribution >= 0.6 is 0 Å². The fraction of sp³-hybridized carbons (Fsp3) is 0.650. The van der Waals surface area contributed by atoms with Crippen molar-refractivity contribution in [3.8, 4) is 5.75 Å². The number of hydrogen-bond acceptors (Lipinski definition) is 4. The maximum Gasteiger partial charge on any atom is 0.422 e. The molecule has 0 aliphatic carbocycles. The first kappa shape index (κ1) is 23.3. The molecule has 1 saturated heterocycles. The summed E-state index contributed by atoms with van der Waals surface area (Å²) in [5.41, 5.74) is 1.38. The average Bonchev–Trinajstić information content (AvgIpc) is 2.67. The van der Waals surface area contributed by atoms with Crippen molar-refractivity contribution in [2.75, 3.05) is 46.5 Å². The van der Waals surface area contributed by atoms with Gasteiger partial charge in [-0.25, -0.2) is 0 Å². The lowest BCUT2D eigenvalue weighted by molar-refractivity contribution is -0.153. The number of halogens is 3. The molecule has 1 aromatic rings. The Morgan fingerprint density at radius 3 is 2.52 bits per heavy atom. The van der Waals surface area contributed by atoms with E-state index in [1.165, 1.54) is 0 Å². The van der Waals surface area contributed by atoms with Gasteiger partial charge in [0.2, 0.25) is 0 Å². The molecular formula is C20H31F3N4O2. The third-order valence-electron chi connectivity index (χ3n) is 4.84. The highest BCUT2D eigenvalue weighted by Crippen LogP contribution is 2.23. The van der Waals surface area contributed by atoms with Crippen LogP contribution in [0.4, 0.5) is 13.2 Å². The van der Waals surface area contributed by atoms with Gasteiger partial charge in [-0.2, -0.15) is 13.2 Å². The third kappa shape index (κ3) is 7.74. The van der Waals surface area contributed by atoms with E-state index in [9.17, 15) is 13.2 Å². The van der Waals surface area contributed by atoms with Crippen LogP contribution in [0.5, 0.6) is 5.75 Å². The number of ether oxygens (including phenoxy) is 2. The largest absolute Gasteiger partial charge is 0.484 e.